The fraction of sp³-hybridized carbons (Fsp3) is 0.227. The van der Waals surface area contributed by atoms with Crippen molar-refractivity contribution in [3.05, 3.63) is 58.0 Å². The maximum atomic E-state index is 12.9. The first-order valence-electron chi connectivity index (χ1n) is 8.64. The molecule has 0 saturated carbocycles. The minimum Gasteiger partial charge on any atom is -0.493 e. The van der Waals surface area contributed by atoms with E-state index in [-0.39, 0.29) is 5.78 Å². The molecule has 3 rings (SSSR count). The van der Waals surface area contributed by atoms with Crippen molar-refractivity contribution < 1.29 is 23.7 Å². The summed E-state index contributed by atoms with van der Waals surface area (Å²) in [5.74, 6) is 3.08. The van der Waals surface area contributed by atoms with Gasteiger partial charge < -0.3 is 18.9 Å². The van der Waals surface area contributed by atoms with Gasteiger partial charge in [0.05, 0.1) is 33.3 Å². The molecule has 0 amide bonds. The molecule has 146 valence electrons. The van der Waals surface area contributed by atoms with E-state index in [0.29, 0.717) is 39.2 Å². The van der Waals surface area contributed by atoms with E-state index in [1.165, 1.54) is 11.8 Å². The van der Waals surface area contributed by atoms with Gasteiger partial charge in [-0.3, -0.25) is 4.79 Å². The number of ether oxygens (including phenoxy) is 4. The second kappa shape index (κ2) is 8.89. The predicted octanol–water partition coefficient (Wildman–Crippen LogP) is 4.46. The molecule has 1 aliphatic heterocycles. The lowest BCUT2D eigenvalue weighted by atomic mass is 10.1. The lowest BCUT2D eigenvalue weighted by molar-refractivity contribution is -0.111. The third kappa shape index (κ3) is 3.87. The summed E-state index contributed by atoms with van der Waals surface area (Å²) in [6.07, 6.45) is 3.71. The van der Waals surface area contributed by atoms with E-state index in [9.17, 15) is 4.79 Å². The van der Waals surface area contributed by atoms with Crippen molar-refractivity contribution in [2.75, 3.05) is 34.2 Å². The number of allylic oxidation sites excluding steroid dienone is 1. The molecule has 0 unspecified atom stereocenters. The molecule has 28 heavy (non-hydrogen) atoms. The number of ketones is 1. The van der Waals surface area contributed by atoms with Crippen molar-refractivity contribution in [3.63, 3.8) is 0 Å². The minimum atomic E-state index is -0.000235. The fourth-order valence-corrected chi connectivity index (χ4v) is 4.04. The number of hydrogen-bond donors (Lipinski definition) is 0. The van der Waals surface area contributed by atoms with Crippen molar-refractivity contribution in [1.82, 2.24) is 0 Å². The topological polar surface area (TPSA) is 54.0 Å². The highest BCUT2D eigenvalue weighted by Crippen LogP contribution is 2.39. The van der Waals surface area contributed by atoms with Crippen LogP contribution in [0.3, 0.4) is 0 Å². The quantitative estimate of drug-likeness (QED) is 0.670. The van der Waals surface area contributed by atoms with Crippen LogP contribution in [-0.2, 0) is 4.79 Å². The van der Waals surface area contributed by atoms with Crippen molar-refractivity contribution in [2.24, 2.45) is 0 Å². The molecular formula is C22H22O5S. The van der Waals surface area contributed by atoms with Gasteiger partial charge in [-0.2, -0.15) is 0 Å². The summed E-state index contributed by atoms with van der Waals surface area (Å²) in [6, 6.07) is 11.2. The second-order valence-electron chi connectivity index (χ2n) is 5.96. The molecule has 0 aliphatic carbocycles. The van der Waals surface area contributed by atoms with Gasteiger partial charge in [-0.1, -0.05) is 24.3 Å². The van der Waals surface area contributed by atoms with E-state index in [4.69, 9.17) is 18.9 Å². The zero-order valence-corrected chi connectivity index (χ0v) is 17.1. The van der Waals surface area contributed by atoms with E-state index in [1.807, 2.05) is 48.6 Å². The Kier molecular flexibility index (Phi) is 6.31. The smallest absolute Gasteiger partial charge is 0.196 e. The van der Waals surface area contributed by atoms with Crippen LogP contribution in [0.15, 0.2) is 46.9 Å². The average Bonchev–Trinajstić information content (AvgIpc) is 3.06. The van der Waals surface area contributed by atoms with Crippen LogP contribution in [0.4, 0.5) is 0 Å². The van der Waals surface area contributed by atoms with Crippen molar-refractivity contribution in [1.29, 1.82) is 0 Å². The molecule has 1 saturated heterocycles. The average molecular weight is 398 g/mol. The number of Topliss-reactive ketones (excluding diaryl/α,β-unsaturated/α-hetero) is 1. The Morgan fingerprint density at radius 3 is 1.82 bits per heavy atom. The zero-order chi connectivity index (χ0) is 20.1. The van der Waals surface area contributed by atoms with Crippen LogP contribution in [0.1, 0.15) is 11.1 Å². The van der Waals surface area contributed by atoms with Crippen molar-refractivity contribution in [3.8, 4) is 23.0 Å². The van der Waals surface area contributed by atoms with Crippen molar-refractivity contribution in [2.45, 2.75) is 0 Å². The summed E-state index contributed by atoms with van der Waals surface area (Å²) in [5, 5.41) is 0. The monoisotopic (exact) mass is 398 g/mol. The molecule has 2 aromatic carbocycles. The number of benzene rings is 2. The van der Waals surface area contributed by atoms with Gasteiger partial charge in [-0.25, -0.2) is 0 Å². The summed E-state index contributed by atoms with van der Waals surface area (Å²) < 4.78 is 21.6. The SMILES string of the molecule is COc1cccc(/C=C2\CS/C(=C\c3cccc(OC)c3OC)C2=O)c1OC. The zero-order valence-electron chi connectivity index (χ0n) is 16.3. The predicted molar refractivity (Wildman–Crippen MR) is 113 cm³/mol. The van der Waals surface area contributed by atoms with Crippen LogP contribution in [0.5, 0.6) is 23.0 Å². The molecule has 2 aromatic rings. The third-order valence-corrected chi connectivity index (χ3v) is 5.45. The highest BCUT2D eigenvalue weighted by molar-refractivity contribution is 8.05. The lowest BCUT2D eigenvalue weighted by Crippen LogP contribution is -1.99. The largest absolute Gasteiger partial charge is 0.493 e. The summed E-state index contributed by atoms with van der Waals surface area (Å²) in [4.78, 5) is 13.6. The fourth-order valence-electron chi connectivity index (χ4n) is 3.04. The molecule has 0 aromatic heterocycles. The van der Waals surface area contributed by atoms with Gasteiger partial charge in [-0.15, -0.1) is 11.8 Å². The maximum Gasteiger partial charge on any atom is 0.196 e. The normalized spacial score (nSPS) is 16.5. The Hall–Kier alpha value is -2.86. The van der Waals surface area contributed by atoms with Gasteiger partial charge in [-0.05, 0) is 24.3 Å². The van der Waals surface area contributed by atoms with E-state index in [2.05, 4.69) is 0 Å². The number of carbonyl (C=O) groups excluding carboxylic acids is 1. The van der Waals surface area contributed by atoms with Gasteiger partial charge in [0.1, 0.15) is 0 Å². The Morgan fingerprint density at radius 1 is 0.786 bits per heavy atom. The standard InChI is InChI=1S/C22H22O5S/c1-24-17-9-5-7-14(21(17)26-3)11-16-13-28-19(20(16)23)12-15-8-6-10-18(25-2)22(15)27-4/h5-12H,13H2,1-4H3/b16-11+,19-12-. The number of thioether (sulfide) groups is 1. The van der Waals surface area contributed by atoms with Gasteiger partial charge >= 0.3 is 0 Å². The van der Waals surface area contributed by atoms with E-state index in [1.54, 1.807) is 28.4 Å². The third-order valence-electron chi connectivity index (χ3n) is 4.38. The molecule has 0 spiro atoms. The molecule has 6 heteroatoms. The van der Waals surface area contributed by atoms with Crippen LogP contribution in [0, 0.1) is 0 Å². The van der Waals surface area contributed by atoms with E-state index < -0.39 is 0 Å². The van der Waals surface area contributed by atoms with Crippen molar-refractivity contribution >= 4 is 29.7 Å². The number of carbonyl (C=O) groups is 1. The molecule has 0 N–H and O–H groups in total. The van der Waals surface area contributed by atoms with Crippen LogP contribution < -0.4 is 18.9 Å². The highest BCUT2D eigenvalue weighted by atomic mass is 32.2. The number of para-hydroxylation sites is 2. The first kappa shape index (κ1) is 19.9. The van der Waals surface area contributed by atoms with Gasteiger partial charge in [0, 0.05) is 22.5 Å². The second-order valence-corrected chi connectivity index (χ2v) is 6.98. The molecule has 0 bridgehead atoms. The van der Waals surface area contributed by atoms with Crippen LogP contribution in [0.25, 0.3) is 12.2 Å². The molecule has 1 aliphatic rings. The molecule has 1 heterocycles. The van der Waals surface area contributed by atoms with E-state index in [0.717, 1.165) is 11.1 Å². The number of hydrogen-bond acceptors (Lipinski definition) is 6. The van der Waals surface area contributed by atoms with Gasteiger partial charge in [0.15, 0.2) is 28.8 Å². The summed E-state index contributed by atoms with van der Waals surface area (Å²) >= 11 is 1.50. The minimum absolute atomic E-state index is 0.000235. The summed E-state index contributed by atoms with van der Waals surface area (Å²) in [5.41, 5.74) is 2.33. The summed E-state index contributed by atoms with van der Waals surface area (Å²) in [7, 11) is 6.36. The number of rotatable bonds is 6. The molecule has 1 fully saturated rings. The Morgan fingerprint density at radius 2 is 1.32 bits per heavy atom. The Bertz CT molecular complexity index is 870. The van der Waals surface area contributed by atoms with Crippen LogP contribution >= 0.6 is 11.8 Å². The molecule has 0 radical (unpaired) electrons. The maximum absolute atomic E-state index is 12.9. The first-order valence-corrected chi connectivity index (χ1v) is 9.63. The van der Waals surface area contributed by atoms with Crippen LogP contribution in [-0.4, -0.2) is 40.0 Å². The summed E-state index contributed by atoms with van der Waals surface area (Å²) in [6.45, 7) is 0. The first-order chi connectivity index (χ1) is 13.6. The van der Waals surface area contributed by atoms with E-state index >= 15 is 0 Å². The molecule has 5 nitrogen and oxygen atoms in total. The van der Waals surface area contributed by atoms with Crippen LogP contribution in [0.2, 0.25) is 0 Å². The van der Waals surface area contributed by atoms with Gasteiger partial charge in [0.2, 0.25) is 0 Å². The Labute approximate surface area is 168 Å². The lowest BCUT2D eigenvalue weighted by Gasteiger charge is -2.10. The molecular weight excluding hydrogens is 376 g/mol. The van der Waals surface area contributed by atoms with Gasteiger partial charge in [0.25, 0.3) is 0 Å². The number of methoxy groups -OCH3 is 4. The molecule has 0 atom stereocenters. The Balaban J connectivity index is 1.95. The highest BCUT2D eigenvalue weighted by Gasteiger charge is 2.25.